The lowest BCUT2D eigenvalue weighted by Crippen LogP contribution is -2.33. The molecule has 128 valence electrons. The van der Waals surface area contributed by atoms with Gasteiger partial charge in [0.15, 0.2) is 0 Å². The van der Waals surface area contributed by atoms with Gasteiger partial charge in [-0.3, -0.25) is 4.79 Å². The number of rotatable bonds is 8. The Hall–Kier alpha value is -1.75. The van der Waals surface area contributed by atoms with Crippen LogP contribution in [0.15, 0.2) is 18.2 Å². The Morgan fingerprint density at radius 3 is 2.52 bits per heavy atom. The van der Waals surface area contributed by atoms with Crippen molar-refractivity contribution in [1.82, 2.24) is 5.32 Å². The van der Waals surface area contributed by atoms with Crippen LogP contribution in [0.25, 0.3) is 0 Å². The minimum absolute atomic E-state index is 0.169. The summed E-state index contributed by atoms with van der Waals surface area (Å²) in [6.45, 7) is 6.39. The molecule has 0 radical (unpaired) electrons. The Labute approximate surface area is 143 Å². The SMILES string of the molecule is CCCCC(CC)CNC(=O)Nc1ccc(NC(C)=O)cc1Cl. The molecule has 0 heterocycles. The average Bonchev–Trinajstić information content (AvgIpc) is 2.49. The number of urea groups is 1. The van der Waals surface area contributed by atoms with E-state index in [0.717, 1.165) is 12.8 Å². The average molecular weight is 340 g/mol. The van der Waals surface area contributed by atoms with Gasteiger partial charge >= 0.3 is 6.03 Å². The molecule has 3 N–H and O–H groups in total. The van der Waals surface area contributed by atoms with E-state index in [9.17, 15) is 9.59 Å². The zero-order valence-corrected chi connectivity index (χ0v) is 14.8. The molecule has 1 rings (SSSR count). The van der Waals surface area contributed by atoms with Crippen LogP contribution < -0.4 is 16.0 Å². The van der Waals surface area contributed by atoms with Crippen molar-refractivity contribution in [2.75, 3.05) is 17.2 Å². The van der Waals surface area contributed by atoms with Crippen LogP contribution in [0, 0.1) is 5.92 Å². The van der Waals surface area contributed by atoms with Crippen molar-refractivity contribution in [3.05, 3.63) is 23.2 Å². The summed E-state index contributed by atoms with van der Waals surface area (Å²) in [5.74, 6) is 0.329. The van der Waals surface area contributed by atoms with Gasteiger partial charge in [0.05, 0.1) is 10.7 Å². The maximum Gasteiger partial charge on any atom is 0.319 e. The third-order valence-electron chi connectivity index (χ3n) is 3.63. The van der Waals surface area contributed by atoms with Gasteiger partial charge in [-0.25, -0.2) is 4.79 Å². The van der Waals surface area contributed by atoms with Crippen molar-refractivity contribution in [1.29, 1.82) is 0 Å². The molecule has 1 aromatic carbocycles. The summed E-state index contributed by atoms with van der Waals surface area (Å²) in [6, 6.07) is 4.70. The number of hydrogen-bond acceptors (Lipinski definition) is 2. The highest BCUT2D eigenvalue weighted by molar-refractivity contribution is 6.34. The molecule has 0 spiro atoms. The van der Waals surface area contributed by atoms with Crippen LogP contribution >= 0.6 is 11.6 Å². The van der Waals surface area contributed by atoms with Crippen LogP contribution in [0.3, 0.4) is 0 Å². The predicted octanol–water partition coefficient (Wildman–Crippen LogP) is 4.64. The van der Waals surface area contributed by atoms with Crippen LogP contribution in [-0.4, -0.2) is 18.5 Å². The lowest BCUT2D eigenvalue weighted by Gasteiger charge is -2.16. The highest BCUT2D eigenvalue weighted by atomic mass is 35.5. The highest BCUT2D eigenvalue weighted by Gasteiger charge is 2.10. The first-order chi connectivity index (χ1) is 11.0. The second kappa shape index (κ2) is 10.1. The van der Waals surface area contributed by atoms with Gasteiger partial charge in [-0.2, -0.15) is 0 Å². The van der Waals surface area contributed by atoms with Gasteiger partial charge in [0.25, 0.3) is 0 Å². The summed E-state index contributed by atoms with van der Waals surface area (Å²) < 4.78 is 0. The molecule has 6 heteroatoms. The van der Waals surface area contributed by atoms with Crippen LogP contribution in [0.1, 0.15) is 46.5 Å². The van der Waals surface area contributed by atoms with E-state index in [1.165, 1.54) is 19.8 Å². The summed E-state index contributed by atoms with van der Waals surface area (Å²) in [5, 5.41) is 8.64. The summed E-state index contributed by atoms with van der Waals surface area (Å²) >= 11 is 6.12. The second-order valence-corrected chi connectivity index (χ2v) is 6.03. The number of carbonyl (C=O) groups excluding carboxylic acids is 2. The Balaban J connectivity index is 2.52. The summed E-state index contributed by atoms with van der Waals surface area (Å²) in [6.07, 6.45) is 4.52. The number of benzene rings is 1. The summed E-state index contributed by atoms with van der Waals surface area (Å²) in [5.41, 5.74) is 1.11. The molecule has 1 aromatic rings. The number of hydrogen-bond donors (Lipinski definition) is 3. The van der Waals surface area contributed by atoms with E-state index in [2.05, 4.69) is 29.8 Å². The maximum atomic E-state index is 12.0. The molecule has 0 aliphatic rings. The van der Waals surface area contributed by atoms with E-state index in [-0.39, 0.29) is 11.9 Å². The smallest absolute Gasteiger partial charge is 0.319 e. The Bertz CT molecular complexity index is 535. The van der Waals surface area contributed by atoms with E-state index in [4.69, 9.17) is 11.6 Å². The number of unbranched alkanes of at least 4 members (excludes halogenated alkanes) is 1. The van der Waals surface area contributed by atoms with Gasteiger partial charge in [0.1, 0.15) is 0 Å². The second-order valence-electron chi connectivity index (χ2n) is 5.63. The Kier molecular flexibility index (Phi) is 8.48. The number of halogens is 1. The van der Waals surface area contributed by atoms with Crippen molar-refractivity contribution >= 4 is 34.9 Å². The van der Waals surface area contributed by atoms with Gasteiger partial charge in [-0.05, 0) is 30.5 Å². The minimum atomic E-state index is -0.269. The largest absolute Gasteiger partial charge is 0.338 e. The van der Waals surface area contributed by atoms with Crippen molar-refractivity contribution in [2.24, 2.45) is 5.92 Å². The third kappa shape index (κ3) is 7.37. The predicted molar refractivity (Wildman–Crippen MR) is 96.1 cm³/mol. The number of anilines is 2. The van der Waals surface area contributed by atoms with Gasteiger partial charge in [-0.15, -0.1) is 0 Å². The monoisotopic (exact) mass is 339 g/mol. The molecule has 0 saturated heterocycles. The van der Waals surface area contributed by atoms with E-state index in [1.54, 1.807) is 18.2 Å². The summed E-state index contributed by atoms with van der Waals surface area (Å²) in [7, 11) is 0. The van der Waals surface area contributed by atoms with Crippen LogP contribution in [-0.2, 0) is 4.79 Å². The molecule has 1 atom stereocenters. The number of amides is 3. The van der Waals surface area contributed by atoms with Crippen molar-refractivity contribution in [2.45, 2.75) is 46.5 Å². The molecule has 0 aromatic heterocycles. The molecule has 0 saturated carbocycles. The molecule has 0 aliphatic carbocycles. The fourth-order valence-corrected chi connectivity index (χ4v) is 2.47. The Morgan fingerprint density at radius 1 is 1.22 bits per heavy atom. The molecule has 0 fully saturated rings. The first-order valence-electron chi connectivity index (χ1n) is 8.08. The van der Waals surface area contributed by atoms with Gasteiger partial charge in [0, 0.05) is 19.2 Å². The van der Waals surface area contributed by atoms with Gasteiger partial charge in [0.2, 0.25) is 5.91 Å². The van der Waals surface area contributed by atoms with E-state index >= 15 is 0 Å². The van der Waals surface area contributed by atoms with Crippen LogP contribution in [0.2, 0.25) is 5.02 Å². The van der Waals surface area contributed by atoms with Crippen molar-refractivity contribution < 1.29 is 9.59 Å². The van der Waals surface area contributed by atoms with E-state index in [0.29, 0.717) is 28.9 Å². The topological polar surface area (TPSA) is 70.2 Å². The summed E-state index contributed by atoms with van der Waals surface area (Å²) in [4.78, 5) is 23.0. The van der Waals surface area contributed by atoms with Crippen molar-refractivity contribution in [3.63, 3.8) is 0 Å². The van der Waals surface area contributed by atoms with E-state index < -0.39 is 0 Å². The van der Waals surface area contributed by atoms with Gasteiger partial charge in [-0.1, -0.05) is 44.7 Å². The van der Waals surface area contributed by atoms with Crippen molar-refractivity contribution in [3.8, 4) is 0 Å². The highest BCUT2D eigenvalue weighted by Crippen LogP contribution is 2.25. The van der Waals surface area contributed by atoms with Gasteiger partial charge < -0.3 is 16.0 Å². The third-order valence-corrected chi connectivity index (χ3v) is 3.94. The lowest BCUT2D eigenvalue weighted by molar-refractivity contribution is -0.114. The van der Waals surface area contributed by atoms with Crippen LogP contribution in [0.5, 0.6) is 0 Å². The number of carbonyl (C=O) groups is 2. The number of nitrogens with one attached hydrogen (secondary N) is 3. The zero-order chi connectivity index (χ0) is 17.2. The molecule has 0 aliphatic heterocycles. The Morgan fingerprint density at radius 2 is 1.96 bits per heavy atom. The minimum Gasteiger partial charge on any atom is -0.338 e. The van der Waals surface area contributed by atoms with E-state index in [1.807, 2.05) is 0 Å². The fourth-order valence-electron chi connectivity index (χ4n) is 2.24. The maximum absolute atomic E-state index is 12.0. The molecule has 23 heavy (non-hydrogen) atoms. The standard InChI is InChI=1S/C17H26ClN3O2/c1-4-6-7-13(5-2)11-19-17(23)21-16-9-8-14(10-15(16)18)20-12(3)22/h8-10,13H,4-7,11H2,1-3H3,(H,20,22)(H2,19,21,23). The normalized spacial score (nSPS) is 11.7. The molecule has 5 nitrogen and oxygen atoms in total. The molecular formula is C17H26ClN3O2. The first-order valence-corrected chi connectivity index (χ1v) is 8.46. The van der Waals surface area contributed by atoms with Crippen LogP contribution in [0.4, 0.5) is 16.2 Å². The zero-order valence-electron chi connectivity index (χ0n) is 14.0. The fraction of sp³-hybridized carbons (Fsp3) is 0.529. The molecule has 0 bridgehead atoms. The molecule has 3 amide bonds. The molecular weight excluding hydrogens is 314 g/mol. The quantitative estimate of drug-likeness (QED) is 0.645. The lowest BCUT2D eigenvalue weighted by atomic mass is 9.99. The molecule has 1 unspecified atom stereocenters. The first kappa shape index (κ1) is 19.3.